The molecule has 1 aliphatic rings. The lowest BCUT2D eigenvalue weighted by Gasteiger charge is -2.27. The van der Waals surface area contributed by atoms with Crippen LogP contribution in [0.3, 0.4) is 0 Å². The van der Waals surface area contributed by atoms with Gasteiger partial charge in [-0.05, 0) is 32.1 Å². The van der Waals surface area contributed by atoms with Crippen LogP contribution in [0.5, 0.6) is 0 Å². The van der Waals surface area contributed by atoms with Crippen LogP contribution in [0.1, 0.15) is 52.4 Å². The Morgan fingerprint density at radius 1 is 1.42 bits per heavy atom. The fraction of sp³-hybridized carbons (Fsp3) is 0.800. The molecular weight excluding hydrogens is 244 g/mol. The van der Waals surface area contributed by atoms with E-state index in [1.807, 2.05) is 0 Å². The minimum absolute atomic E-state index is 0.139. The summed E-state index contributed by atoms with van der Waals surface area (Å²) in [5.41, 5.74) is 0. The van der Waals surface area contributed by atoms with Crippen LogP contribution in [0, 0.1) is 17.8 Å². The van der Waals surface area contributed by atoms with Gasteiger partial charge in [0.2, 0.25) is 0 Å². The Balaban J connectivity index is 2.94. The minimum atomic E-state index is -0.774. The molecule has 1 fully saturated rings. The number of carbonyl (C=O) groups excluding carboxylic acids is 3. The van der Waals surface area contributed by atoms with Crippen LogP contribution >= 0.6 is 0 Å². The predicted octanol–water partition coefficient (Wildman–Crippen LogP) is 2.54. The van der Waals surface area contributed by atoms with Crippen molar-refractivity contribution in [1.29, 1.82) is 0 Å². The van der Waals surface area contributed by atoms with Crippen molar-refractivity contribution in [2.24, 2.45) is 17.8 Å². The van der Waals surface area contributed by atoms with Crippen LogP contribution in [0.4, 0.5) is 0 Å². The van der Waals surface area contributed by atoms with Gasteiger partial charge < -0.3 is 4.74 Å². The Labute approximate surface area is 114 Å². The third-order valence-electron chi connectivity index (χ3n) is 4.08. The monoisotopic (exact) mass is 268 g/mol. The second kappa shape index (κ2) is 7.41. The second-order valence-corrected chi connectivity index (χ2v) is 5.38. The second-order valence-electron chi connectivity index (χ2n) is 5.38. The molecule has 0 bridgehead atoms. The maximum absolute atomic E-state index is 12.0. The van der Waals surface area contributed by atoms with Gasteiger partial charge in [-0.1, -0.05) is 19.8 Å². The number of rotatable bonds is 7. The Kier molecular flexibility index (Phi) is 6.19. The molecule has 0 aromatic carbocycles. The van der Waals surface area contributed by atoms with Crippen molar-refractivity contribution in [2.45, 2.75) is 52.4 Å². The average Bonchev–Trinajstić information content (AvgIpc) is 2.79. The summed E-state index contributed by atoms with van der Waals surface area (Å²) >= 11 is 0. The quantitative estimate of drug-likeness (QED) is 0.526. The van der Waals surface area contributed by atoms with Crippen molar-refractivity contribution in [2.75, 3.05) is 7.11 Å². The van der Waals surface area contributed by atoms with Crippen LogP contribution in [0.15, 0.2) is 0 Å². The van der Waals surface area contributed by atoms with Crippen molar-refractivity contribution in [1.82, 2.24) is 0 Å². The molecule has 1 aliphatic carbocycles. The maximum atomic E-state index is 12.0. The van der Waals surface area contributed by atoms with Crippen molar-refractivity contribution in [3.05, 3.63) is 0 Å². The van der Waals surface area contributed by atoms with Gasteiger partial charge in [0.15, 0.2) is 0 Å². The summed E-state index contributed by atoms with van der Waals surface area (Å²) in [5.74, 6) is -1.57. The van der Waals surface area contributed by atoms with E-state index in [0.717, 1.165) is 32.1 Å². The summed E-state index contributed by atoms with van der Waals surface area (Å²) < 4.78 is 4.76. The molecule has 4 heteroatoms. The fourth-order valence-electron chi connectivity index (χ4n) is 3.10. The molecule has 1 saturated carbocycles. The van der Waals surface area contributed by atoms with E-state index in [2.05, 4.69) is 6.92 Å². The molecular formula is C15H24O4. The van der Waals surface area contributed by atoms with Crippen LogP contribution in [-0.4, -0.2) is 24.6 Å². The molecule has 0 spiro atoms. The van der Waals surface area contributed by atoms with Gasteiger partial charge in [-0.2, -0.15) is 0 Å². The average molecular weight is 268 g/mol. The summed E-state index contributed by atoms with van der Waals surface area (Å²) in [6, 6.07) is 0. The van der Waals surface area contributed by atoms with Gasteiger partial charge in [0, 0.05) is 12.3 Å². The zero-order chi connectivity index (χ0) is 14.4. The Bertz CT molecular complexity index is 348. The van der Waals surface area contributed by atoms with E-state index in [9.17, 15) is 14.4 Å². The van der Waals surface area contributed by atoms with E-state index < -0.39 is 11.9 Å². The zero-order valence-electron chi connectivity index (χ0n) is 12.1. The van der Waals surface area contributed by atoms with E-state index in [0.29, 0.717) is 6.42 Å². The Hall–Kier alpha value is -1.19. The maximum Gasteiger partial charge on any atom is 0.316 e. The standard InChI is InChI=1S/C15H24O4/c1-4-5-7-12(11-8-6-9-13(11)17)14(10(2)16)15(18)19-3/h11-12,14H,4-9H2,1-3H3. The van der Waals surface area contributed by atoms with Crippen molar-refractivity contribution in [3.63, 3.8) is 0 Å². The molecule has 0 saturated heterocycles. The zero-order valence-corrected chi connectivity index (χ0v) is 12.1. The highest BCUT2D eigenvalue weighted by molar-refractivity contribution is 5.99. The van der Waals surface area contributed by atoms with E-state index in [-0.39, 0.29) is 23.4 Å². The van der Waals surface area contributed by atoms with Gasteiger partial charge in [0.1, 0.15) is 17.5 Å². The number of hydrogen-bond donors (Lipinski definition) is 0. The summed E-state index contributed by atoms with van der Waals surface area (Å²) in [6.07, 6.45) is 4.91. The van der Waals surface area contributed by atoms with E-state index >= 15 is 0 Å². The van der Waals surface area contributed by atoms with Crippen LogP contribution in [0.2, 0.25) is 0 Å². The van der Waals surface area contributed by atoms with E-state index in [4.69, 9.17) is 4.74 Å². The largest absolute Gasteiger partial charge is 0.468 e. The van der Waals surface area contributed by atoms with Crippen LogP contribution in [-0.2, 0) is 19.1 Å². The molecule has 0 radical (unpaired) electrons. The Morgan fingerprint density at radius 3 is 2.53 bits per heavy atom. The smallest absolute Gasteiger partial charge is 0.316 e. The van der Waals surface area contributed by atoms with Gasteiger partial charge in [0.25, 0.3) is 0 Å². The lowest BCUT2D eigenvalue weighted by Crippen LogP contribution is -2.36. The van der Waals surface area contributed by atoms with Gasteiger partial charge >= 0.3 is 5.97 Å². The molecule has 0 amide bonds. The number of Topliss-reactive ketones (excluding diaryl/α,β-unsaturated/α-hetero) is 2. The minimum Gasteiger partial charge on any atom is -0.468 e. The molecule has 108 valence electrons. The number of carbonyl (C=O) groups is 3. The van der Waals surface area contributed by atoms with E-state index in [1.54, 1.807) is 0 Å². The van der Waals surface area contributed by atoms with Gasteiger partial charge in [-0.15, -0.1) is 0 Å². The number of esters is 1. The lowest BCUT2D eigenvalue weighted by atomic mass is 9.75. The number of methoxy groups -OCH3 is 1. The van der Waals surface area contributed by atoms with Gasteiger partial charge in [-0.25, -0.2) is 0 Å². The molecule has 4 nitrogen and oxygen atoms in total. The number of ketones is 2. The van der Waals surface area contributed by atoms with Crippen LogP contribution in [0.25, 0.3) is 0 Å². The molecule has 3 atom stereocenters. The van der Waals surface area contributed by atoms with Crippen molar-refractivity contribution in [3.8, 4) is 0 Å². The fourth-order valence-corrected chi connectivity index (χ4v) is 3.10. The normalized spacial score (nSPS) is 22.1. The van der Waals surface area contributed by atoms with Gasteiger partial charge in [-0.3, -0.25) is 14.4 Å². The molecule has 0 N–H and O–H groups in total. The predicted molar refractivity (Wildman–Crippen MR) is 71.6 cm³/mol. The SMILES string of the molecule is CCCCC(C1CCCC1=O)C(C(C)=O)C(=O)OC. The highest BCUT2D eigenvalue weighted by Gasteiger charge is 2.41. The topological polar surface area (TPSA) is 60.4 Å². The lowest BCUT2D eigenvalue weighted by molar-refractivity contribution is -0.152. The number of hydrogen-bond acceptors (Lipinski definition) is 4. The molecule has 0 aliphatic heterocycles. The Morgan fingerprint density at radius 2 is 2.11 bits per heavy atom. The summed E-state index contributed by atoms with van der Waals surface area (Å²) in [5, 5.41) is 0. The number of unbranched alkanes of at least 4 members (excludes halogenated alkanes) is 1. The molecule has 19 heavy (non-hydrogen) atoms. The van der Waals surface area contributed by atoms with Crippen LogP contribution < -0.4 is 0 Å². The molecule has 3 unspecified atom stereocenters. The molecule has 0 heterocycles. The van der Waals surface area contributed by atoms with Crippen molar-refractivity contribution >= 4 is 17.5 Å². The first-order valence-electron chi connectivity index (χ1n) is 7.13. The van der Waals surface area contributed by atoms with Gasteiger partial charge in [0.05, 0.1) is 7.11 Å². The summed E-state index contributed by atoms with van der Waals surface area (Å²) in [7, 11) is 1.30. The first-order chi connectivity index (χ1) is 9.02. The first kappa shape index (κ1) is 15.9. The molecule has 0 aromatic heterocycles. The summed E-state index contributed by atoms with van der Waals surface area (Å²) in [4.78, 5) is 35.6. The summed E-state index contributed by atoms with van der Waals surface area (Å²) in [6.45, 7) is 3.48. The highest BCUT2D eigenvalue weighted by atomic mass is 16.5. The first-order valence-corrected chi connectivity index (χ1v) is 7.13. The third kappa shape index (κ3) is 3.88. The van der Waals surface area contributed by atoms with E-state index in [1.165, 1.54) is 14.0 Å². The van der Waals surface area contributed by atoms with Crippen molar-refractivity contribution < 1.29 is 19.1 Å². The molecule has 0 aromatic rings. The number of ether oxygens (including phenoxy) is 1. The highest BCUT2D eigenvalue weighted by Crippen LogP contribution is 2.37. The third-order valence-corrected chi connectivity index (χ3v) is 4.08. The molecule has 1 rings (SSSR count).